The van der Waals surface area contributed by atoms with Crippen molar-refractivity contribution >= 4 is 15.7 Å². The van der Waals surface area contributed by atoms with Crippen LogP contribution in [0.25, 0.3) is 5.70 Å². The van der Waals surface area contributed by atoms with Crippen molar-refractivity contribution in [3.63, 3.8) is 0 Å². The Morgan fingerprint density at radius 1 is 1.21 bits per heavy atom. The molecule has 0 aliphatic carbocycles. The van der Waals surface area contributed by atoms with Gasteiger partial charge in [0.05, 0.1) is 10.6 Å². The number of nitrogens with zero attached hydrogens (tertiary/aromatic N) is 1. The predicted octanol–water partition coefficient (Wildman–Crippen LogP) is 1.44. The minimum absolute atomic E-state index is 0.450. The number of hydrogen-bond donors (Lipinski definition) is 0. The summed E-state index contributed by atoms with van der Waals surface area (Å²) in [5, 5.41) is 0. The van der Waals surface area contributed by atoms with Gasteiger partial charge in [-0.2, -0.15) is 0 Å². The molecule has 0 spiro atoms. The third-order valence-electron chi connectivity index (χ3n) is 2.67. The first-order valence-electron chi connectivity index (χ1n) is 4.53. The Morgan fingerprint density at radius 3 is 2.86 bits per heavy atom. The lowest BCUT2D eigenvalue weighted by atomic mass is 10.1. The van der Waals surface area contributed by atoms with Gasteiger partial charge in [-0.25, -0.2) is 8.42 Å². The van der Waals surface area contributed by atoms with Crippen molar-refractivity contribution in [3.05, 3.63) is 35.9 Å². The monoisotopic (exact) mass is 207 g/mol. The number of fused-ring (bicyclic) bond motifs is 3. The molecule has 0 amide bonds. The third-order valence-corrected chi connectivity index (χ3v) is 4.54. The minimum atomic E-state index is -3.22. The van der Waals surface area contributed by atoms with Gasteiger partial charge in [0.15, 0.2) is 0 Å². The smallest absolute Gasteiger partial charge is 0.265 e. The van der Waals surface area contributed by atoms with Gasteiger partial charge < -0.3 is 0 Å². The van der Waals surface area contributed by atoms with Crippen molar-refractivity contribution in [2.24, 2.45) is 0 Å². The highest BCUT2D eigenvalue weighted by atomic mass is 32.2. The van der Waals surface area contributed by atoms with Crippen LogP contribution < -0.4 is 0 Å². The van der Waals surface area contributed by atoms with Gasteiger partial charge in [0.25, 0.3) is 10.0 Å². The molecule has 1 aromatic rings. The van der Waals surface area contributed by atoms with E-state index in [4.69, 9.17) is 0 Å². The molecule has 72 valence electrons. The lowest BCUT2D eigenvalue weighted by Crippen LogP contribution is -2.20. The molecule has 0 saturated carbocycles. The molecule has 2 aliphatic heterocycles. The van der Waals surface area contributed by atoms with Crippen molar-refractivity contribution in [1.82, 2.24) is 4.31 Å². The summed E-state index contributed by atoms with van der Waals surface area (Å²) in [6.07, 6.45) is 2.81. The molecule has 2 aliphatic rings. The van der Waals surface area contributed by atoms with Gasteiger partial charge in [0, 0.05) is 12.1 Å². The normalized spacial score (nSPS) is 21.7. The zero-order valence-corrected chi connectivity index (χ0v) is 8.29. The van der Waals surface area contributed by atoms with Gasteiger partial charge in [-0.05, 0) is 12.5 Å². The Hall–Kier alpha value is -1.29. The van der Waals surface area contributed by atoms with Crippen LogP contribution in [0.2, 0.25) is 0 Å². The summed E-state index contributed by atoms with van der Waals surface area (Å²) in [5.74, 6) is 0. The van der Waals surface area contributed by atoms with Crippen molar-refractivity contribution in [1.29, 1.82) is 0 Å². The fourth-order valence-electron chi connectivity index (χ4n) is 2.06. The highest BCUT2D eigenvalue weighted by Gasteiger charge is 2.39. The van der Waals surface area contributed by atoms with Crippen molar-refractivity contribution in [2.75, 3.05) is 6.54 Å². The number of sulfonamides is 1. The van der Waals surface area contributed by atoms with Gasteiger partial charge in [0.1, 0.15) is 0 Å². The second kappa shape index (κ2) is 2.39. The molecule has 0 fully saturated rings. The maximum absolute atomic E-state index is 12.0. The quantitative estimate of drug-likeness (QED) is 0.645. The summed E-state index contributed by atoms with van der Waals surface area (Å²) < 4.78 is 25.4. The molecule has 0 saturated heterocycles. The highest BCUT2D eigenvalue weighted by molar-refractivity contribution is 7.90. The summed E-state index contributed by atoms with van der Waals surface area (Å²) in [5.41, 5.74) is 1.71. The van der Waals surface area contributed by atoms with Crippen LogP contribution in [0.5, 0.6) is 0 Å². The van der Waals surface area contributed by atoms with Crippen molar-refractivity contribution in [3.8, 4) is 0 Å². The van der Waals surface area contributed by atoms with Crippen LogP contribution in [-0.2, 0) is 10.0 Å². The molecular weight excluding hydrogens is 198 g/mol. The molecule has 0 unspecified atom stereocenters. The van der Waals surface area contributed by atoms with E-state index in [1.54, 1.807) is 12.1 Å². The molecule has 0 N–H and O–H groups in total. The first-order chi connectivity index (χ1) is 6.71. The van der Waals surface area contributed by atoms with Crippen molar-refractivity contribution < 1.29 is 8.42 Å². The lowest BCUT2D eigenvalue weighted by molar-refractivity contribution is 0.534. The van der Waals surface area contributed by atoms with Gasteiger partial charge in [-0.15, -0.1) is 0 Å². The van der Waals surface area contributed by atoms with E-state index in [9.17, 15) is 8.42 Å². The maximum Gasteiger partial charge on any atom is 0.265 e. The fourth-order valence-corrected chi connectivity index (χ4v) is 3.77. The van der Waals surface area contributed by atoms with Crippen LogP contribution in [0.4, 0.5) is 0 Å². The fraction of sp³-hybridized carbons (Fsp3) is 0.200. The van der Waals surface area contributed by atoms with Crippen LogP contribution in [0, 0.1) is 0 Å². The molecule has 3 nitrogen and oxygen atoms in total. The maximum atomic E-state index is 12.0. The standard InChI is InChI=1S/C10H9NO2S/c12-14(13)10-6-2-1-4-8(10)9-5-3-7-11(9)14/h1-2,4-6H,3,7H2. The molecule has 2 heterocycles. The summed E-state index contributed by atoms with van der Waals surface area (Å²) in [7, 11) is -3.22. The number of rotatable bonds is 0. The average molecular weight is 207 g/mol. The highest BCUT2D eigenvalue weighted by Crippen LogP contribution is 2.41. The Balaban J connectivity index is 2.40. The second-order valence-electron chi connectivity index (χ2n) is 3.45. The number of benzene rings is 1. The summed E-state index contributed by atoms with van der Waals surface area (Å²) >= 11 is 0. The van der Waals surface area contributed by atoms with Crippen LogP contribution >= 0.6 is 0 Å². The predicted molar refractivity (Wildman–Crippen MR) is 52.9 cm³/mol. The molecule has 0 bridgehead atoms. The van der Waals surface area contributed by atoms with Crippen molar-refractivity contribution in [2.45, 2.75) is 11.3 Å². The zero-order chi connectivity index (χ0) is 9.76. The summed E-state index contributed by atoms with van der Waals surface area (Å²) in [4.78, 5) is 0.450. The van der Waals surface area contributed by atoms with Gasteiger partial charge in [-0.1, -0.05) is 24.3 Å². The van der Waals surface area contributed by atoms with Crippen LogP contribution in [-0.4, -0.2) is 19.3 Å². The zero-order valence-electron chi connectivity index (χ0n) is 7.47. The number of hydrogen-bond acceptors (Lipinski definition) is 2. The van der Waals surface area contributed by atoms with Crippen LogP contribution in [0.1, 0.15) is 12.0 Å². The SMILES string of the molecule is O=S1(=O)c2ccccc2C2=CCCN21. The van der Waals surface area contributed by atoms with Crippen LogP contribution in [0.3, 0.4) is 0 Å². The molecule has 0 aromatic heterocycles. The molecular formula is C10H9NO2S. The van der Waals surface area contributed by atoms with Gasteiger partial charge >= 0.3 is 0 Å². The second-order valence-corrected chi connectivity index (χ2v) is 5.28. The van der Waals surface area contributed by atoms with Gasteiger partial charge in [0.2, 0.25) is 0 Å². The van der Waals surface area contributed by atoms with E-state index >= 15 is 0 Å². The summed E-state index contributed by atoms with van der Waals surface area (Å²) in [6, 6.07) is 7.17. The average Bonchev–Trinajstić information content (AvgIpc) is 2.72. The Labute approximate surface area is 82.7 Å². The molecule has 0 atom stereocenters. The molecule has 4 heteroatoms. The van der Waals surface area contributed by atoms with E-state index in [0.29, 0.717) is 11.4 Å². The lowest BCUT2D eigenvalue weighted by Gasteiger charge is -2.11. The Kier molecular flexibility index (Phi) is 1.37. The van der Waals surface area contributed by atoms with E-state index < -0.39 is 10.0 Å². The Bertz CT molecular complexity index is 531. The minimum Gasteiger partial charge on any atom is -0.266 e. The Morgan fingerprint density at radius 2 is 2.00 bits per heavy atom. The topological polar surface area (TPSA) is 37.4 Å². The van der Waals surface area contributed by atoms with Gasteiger partial charge in [-0.3, -0.25) is 4.31 Å². The largest absolute Gasteiger partial charge is 0.266 e. The summed E-state index contributed by atoms with van der Waals surface area (Å²) in [6.45, 7) is 0.590. The first-order valence-corrected chi connectivity index (χ1v) is 5.97. The molecule has 14 heavy (non-hydrogen) atoms. The molecule has 3 rings (SSSR count). The van der Waals surface area contributed by atoms with E-state index in [1.165, 1.54) is 4.31 Å². The van der Waals surface area contributed by atoms with E-state index in [2.05, 4.69) is 0 Å². The molecule has 0 radical (unpaired) electrons. The van der Waals surface area contributed by atoms with E-state index in [0.717, 1.165) is 17.7 Å². The molecule has 1 aromatic carbocycles. The van der Waals surface area contributed by atoms with E-state index in [-0.39, 0.29) is 0 Å². The third kappa shape index (κ3) is 0.792. The first kappa shape index (κ1) is 8.05. The van der Waals surface area contributed by atoms with E-state index in [1.807, 2.05) is 18.2 Å². The van der Waals surface area contributed by atoms with Crippen LogP contribution in [0.15, 0.2) is 35.2 Å².